The number of carbonyl (C=O) groups excluding carboxylic acids is 2. The van der Waals surface area contributed by atoms with E-state index in [9.17, 15) is 14.7 Å². The number of phenols is 1. The van der Waals surface area contributed by atoms with Crippen molar-refractivity contribution in [2.75, 3.05) is 7.11 Å². The Morgan fingerprint density at radius 1 is 0.688 bits per heavy atom. The van der Waals surface area contributed by atoms with E-state index in [1.54, 1.807) is 65.8 Å². The molecule has 0 aliphatic carbocycles. The summed E-state index contributed by atoms with van der Waals surface area (Å²) in [6.07, 6.45) is -1.58. The van der Waals surface area contributed by atoms with Gasteiger partial charge in [-0.15, -0.1) is 0 Å². The lowest BCUT2D eigenvalue weighted by atomic mass is 9.78. The van der Waals surface area contributed by atoms with E-state index in [-0.39, 0.29) is 11.7 Å². The van der Waals surface area contributed by atoms with Crippen LogP contribution in [0.25, 0.3) is 21.5 Å². The van der Waals surface area contributed by atoms with Crippen molar-refractivity contribution in [1.29, 1.82) is 0 Å². The molecule has 0 aromatic heterocycles. The van der Waals surface area contributed by atoms with Crippen LogP contribution in [0.4, 0.5) is 9.59 Å². The van der Waals surface area contributed by atoms with Crippen molar-refractivity contribution in [2.24, 2.45) is 0 Å². The van der Waals surface area contributed by atoms with Gasteiger partial charge in [-0.3, -0.25) is 0 Å². The van der Waals surface area contributed by atoms with Crippen LogP contribution in [0.1, 0.15) is 69.7 Å². The molecule has 1 heterocycles. The van der Waals surface area contributed by atoms with Crippen LogP contribution < -0.4 is 18.9 Å². The molecule has 0 amide bonds. The van der Waals surface area contributed by atoms with Crippen molar-refractivity contribution in [3.63, 3.8) is 0 Å². The van der Waals surface area contributed by atoms with E-state index in [1.165, 1.54) is 7.11 Å². The van der Waals surface area contributed by atoms with Gasteiger partial charge in [0.05, 0.1) is 7.11 Å². The van der Waals surface area contributed by atoms with Gasteiger partial charge in [-0.05, 0) is 124 Å². The third kappa shape index (κ3) is 6.53. The molecule has 9 heteroatoms. The highest BCUT2D eigenvalue weighted by Crippen LogP contribution is 2.53. The van der Waals surface area contributed by atoms with Crippen molar-refractivity contribution >= 4 is 33.9 Å². The first-order chi connectivity index (χ1) is 22.6. The topological polar surface area (TPSA) is 110 Å². The standard InChI is InChI=1S/C39H38O9/c1-21-17-24(20-31(43-8)35(21)40)32-33-27-13-11-25(44-36(41)47-38(2,3)4)18-22(27)9-15-29(33)46-30-16-10-23-19-26(12-14-28(23)34(30)32)45-37(42)48-39(5,6)7/h9-20,32,40H,1-8H3. The molecule has 1 aliphatic heterocycles. The highest BCUT2D eigenvalue weighted by molar-refractivity contribution is 5.96. The summed E-state index contributed by atoms with van der Waals surface area (Å²) < 4.78 is 33.9. The Labute approximate surface area is 278 Å². The number of fused-ring (bicyclic) bond motifs is 6. The zero-order valence-electron chi connectivity index (χ0n) is 28.2. The van der Waals surface area contributed by atoms with Crippen LogP contribution in [-0.2, 0) is 9.47 Å². The van der Waals surface area contributed by atoms with Crippen LogP contribution in [0.2, 0.25) is 0 Å². The predicted octanol–water partition coefficient (Wildman–Crippen LogP) is 9.93. The summed E-state index contributed by atoms with van der Waals surface area (Å²) >= 11 is 0. The molecule has 0 spiro atoms. The maximum Gasteiger partial charge on any atom is 0.514 e. The number of phenolic OH excluding ortho intramolecular Hbond substituents is 1. The van der Waals surface area contributed by atoms with E-state index in [0.29, 0.717) is 34.3 Å². The smallest absolute Gasteiger partial charge is 0.504 e. The molecule has 1 aliphatic rings. The maximum absolute atomic E-state index is 12.4. The van der Waals surface area contributed by atoms with Crippen molar-refractivity contribution in [3.05, 3.63) is 95.1 Å². The van der Waals surface area contributed by atoms with Crippen LogP contribution >= 0.6 is 0 Å². The fourth-order valence-electron chi connectivity index (χ4n) is 5.95. The summed E-state index contributed by atoms with van der Waals surface area (Å²) in [6, 6.07) is 22.3. The second kappa shape index (κ2) is 12.0. The lowest BCUT2D eigenvalue weighted by Crippen LogP contribution is -2.25. The van der Waals surface area contributed by atoms with Crippen LogP contribution in [0, 0.1) is 6.92 Å². The lowest BCUT2D eigenvalue weighted by molar-refractivity contribution is 0.0193. The van der Waals surface area contributed by atoms with Gasteiger partial charge in [-0.2, -0.15) is 0 Å². The SMILES string of the molecule is COc1cc(C2c3c(ccc4cc(OC(=O)OC(C)(C)C)ccc34)Oc3ccc4cc(OC(=O)OC(C)(C)C)ccc4c32)cc(C)c1O. The highest BCUT2D eigenvalue weighted by atomic mass is 16.7. The van der Waals surface area contributed by atoms with Crippen LogP contribution in [0.15, 0.2) is 72.8 Å². The molecule has 0 saturated carbocycles. The molecule has 0 fully saturated rings. The summed E-state index contributed by atoms with van der Waals surface area (Å²) in [6.45, 7) is 12.5. The third-order valence-corrected chi connectivity index (χ3v) is 7.81. The molecule has 248 valence electrons. The Morgan fingerprint density at radius 3 is 1.60 bits per heavy atom. The monoisotopic (exact) mass is 650 g/mol. The number of rotatable bonds is 4. The predicted molar refractivity (Wildman–Crippen MR) is 182 cm³/mol. The maximum atomic E-state index is 12.4. The number of aryl methyl sites for hydroxylation is 1. The van der Waals surface area contributed by atoms with Gasteiger partial charge in [-0.1, -0.05) is 30.3 Å². The molecule has 0 atom stereocenters. The van der Waals surface area contributed by atoms with Gasteiger partial charge < -0.3 is 33.5 Å². The molecule has 5 aromatic carbocycles. The molecule has 6 rings (SSSR count). The minimum atomic E-state index is -0.789. The van der Waals surface area contributed by atoms with Crippen molar-refractivity contribution in [3.8, 4) is 34.5 Å². The van der Waals surface area contributed by atoms with E-state index >= 15 is 0 Å². The molecular formula is C39H38O9. The Balaban J connectivity index is 1.51. The number of hydrogen-bond acceptors (Lipinski definition) is 9. The van der Waals surface area contributed by atoms with Crippen molar-refractivity contribution in [1.82, 2.24) is 0 Å². The number of methoxy groups -OCH3 is 1. The van der Waals surface area contributed by atoms with Gasteiger partial charge in [0.15, 0.2) is 11.5 Å². The number of benzene rings is 5. The summed E-state index contributed by atoms with van der Waals surface area (Å²) in [4.78, 5) is 24.9. The number of ether oxygens (including phenoxy) is 6. The molecule has 0 saturated heterocycles. The first kappa shape index (κ1) is 32.5. The third-order valence-electron chi connectivity index (χ3n) is 7.81. The summed E-state index contributed by atoms with van der Waals surface area (Å²) in [7, 11) is 1.52. The van der Waals surface area contributed by atoms with Crippen LogP contribution in [0.5, 0.6) is 34.5 Å². The van der Waals surface area contributed by atoms with Crippen molar-refractivity contribution < 1.29 is 43.1 Å². The van der Waals surface area contributed by atoms with Gasteiger partial charge in [-0.25, -0.2) is 9.59 Å². The van der Waals surface area contributed by atoms with Crippen molar-refractivity contribution in [2.45, 2.75) is 65.6 Å². The zero-order chi connectivity index (χ0) is 34.5. The van der Waals surface area contributed by atoms with Gasteiger partial charge in [0.2, 0.25) is 0 Å². The normalized spacial score (nSPS) is 12.9. The van der Waals surface area contributed by atoms with E-state index in [0.717, 1.165) is 38.2 Å². The first-order valence-corrected chi connectivity index (χ1v) is 15.6. The van der Waals surface area contributed by atoms with Crippen LogP contribution in [0.3, 0.4) is 0 Å². The Kier molecular flexibility index (Phi) is 8.11. The molecule has 9 nitrogen and oxygen atoms in total. The Bertz CT molecular complexity index is 1960. The van der Waals surface area contributed by atoms with Gasteiger partial charge in [0.25, 0.3) is 0 Å². The fourth-order valence-corrected chi connectivity index (χ4v) is 5.95. The van der Waals surface area contributed by atoms with E-state index in [1.807, 2.05) is 55.5 Å². The summed E-state index contributed by atoms with van der Waals surface area (Å²) in [5.74, 6) is 2.05. The lowest BCUT2D eigenvalue weighted by Gasteiger charge is -2.31. The molecular weight excluding hydrogens is 612 g/mol. The molecule has 1 N–H and O–H groups in total. The van der Waals surface area contributed by atoms with E-state index in [2.05, 4.69) is 0 Å². The summed E-state index contributed by atoms with van der Waals surface area (Å²) in [5.41, 5.74) is 1.91. The molecule has 48 heavy (non-hydrogen) atoms. The average Bonchev–Trinajstić information content (AvgIpc) is 2.99. The van der Waals surface area contributed by atoms with Gasteiger partial charge in [0.1, 0.15) is 34.2 Å². The Morgan fingerprint density at radius 2 is 1.17 bits per heavy atom. The first-order valence-electron chi connectivity index (χ1n) is 15.6. The zero-order valence-corrected chi connectivity index (χ0v) is 28.2. The number of aromatic hydroxyl groups is 1. The minimum absolute atomic E-state index is 0.0671. The molecule has 0 bridgehead atoms. The molecule has 0 radical (unpaired) electrons. The van der Waals surface area contributed by atoms with E-state index < -0.39 is 23.5 Å². The fraction of sp³-hybridized carbons (Fsp3) is 0.282. The Hall–Kier alpha value is -5.44. The second-order valence-electron chi connectivity index (χ2n) is 13.8. The second-order valence-corrected chi connectivity index (χ2v) is 13.8. The van der Waals surface area contributed by atoms with Crippen LogP contribution in [-0.4, -0.2) is 35.7 Å². The number of carbonyl (C=O) groups is 2. The molecule has 0 unspecified atom stereocenters. The molecule has 5 aromatic rings. The highest BCUT2D eigenvalue weighted by Gasteiger charge is 2.33. The minimum Gasteiger partial charge on any atom is -0.504 e. The summed E-state index contributed by atoms with van der Waals surface area (Å²) in [5, 5.41) is 14.2. The quantitative estimate of drug-likeness (QED) is 0.147. The van der Waals surface area contributed by atoms with Gasteiger partial charge in [0, 0.05) is 17.0 Å². The average molecular weight is 651 g/mol. The largest absolute Gasteiger partial charge is 0.514 e. The van der Waals surface area contributed by atoms with E-state index in [4.69, 9.17) is 28.4 Å². The number of hydrogen-bond donors (Lipinski definition) is 1. The van der Waals surface area contributed by atoms with Gasteiger partial charge >= 0.3 is 12.3 Å².